The molecule has 0 aliphatic carbocycles. The number of amides is 1. The molecule has 144 valence electrons. The number of hydrogen-bond acceptors (Lipinski definition) is 6. The van der Waals surface area contributed by atoms with Crippen molar-refractivity contribution in [2.45, 2.75) is 26.5 Å². The molecule has 0 radical (unpaired) electrons. The number of thiazole rings is 1. The first-order valence-corrected chi connectivity index (χ1v) is 9.70. The van der Waals surface area contributed by atoms with Crippen molar-refractivity contribution >= 4 is 34.0 Å². The molecule has 1 aromatic heterocycles. The summed E-state index contributed by atoms with van der Waals surface area (Å²) in [6.07, 6.45) is 0. The molecule has 0 spiro atoms. The van der Waals surface area contributed by atoms with Crippen molar-refractivity contribution in [1.29, 1.82) is 0 Å². The Morgan fingerprint density at radius 2 is 1.82 bits per heavy atom. The molecule has 3 aromatic rings. The van der Waals surface area contributed by atoms with Crippen molar-refractivity contribution in [1.82, 2.24) is 10.3 Å². The minimum absolute atomic E-state index is 0.0520. The summed E-state index contributed by atoms with van der Waals surface area (Å²) in [5, 5.41) is 8.40. The normalized spacial score (nSPS) is 11.5. The van der Waals surface area contributed by atoms with Crippen LogP contribution in [-0.4, -0.2) is 22.9 Å². The van der Waals surface area contributed by atoms with Crippen LogP contribution < -0.4 is 10.6 Å². The zero-order chi connectivity index (χ0) is 19.9. The van der Waals surface area contributed by atoms with E-state index in [1.165, 1.54) is 16.9 Å². The summed E-state index contributed by atoms with van der Waals surface area (Å²) < 4.78 is 5.27. The van der Waals surface area contributed by atoms with Crippen LogP contribution in [0, 0.1) is 6.92 Å². The molecule has 2 N–H and O–H groups in total. The number of anilines is 2. The lowest BCUT2D eigenvalue weighted by Crippen LogP contribution is -2.39. The van der Waals surface area contributed by atoms with Gasteiger partial charge in [-0.15, -0.1) is 11.3 Å². The van der Waals surface area contributed by atoms with Gasteiger partial charge < -0.3 is 15.4 Å². The van der Waals surface area contributed by atoms with E-state index in [0.29, 0.717) is 11.3 Å². The molecule has 28 heavy (non-hydrogen) atoms. The van der Waals surface area contributed by atoms with Gasteiger partial charge in [0.05, 0.1) is 5.69 Å². The molecule has 0 saturated carbocycles. The maximum absolute atomic E-state index is 12.1. The highest BCUT2D eigenvalue weighted by atomic mass is 32.1. The third-order valence-corrected chi connectivity index (χ3v) is 4.76. The maximum Gasteiger partial charge on any atom is 0.328 e. The van der Waals surface area contributed by atoms with Crippen LogP contribution in [0.1, 0.15) is 28.5 Å². The van der Waals surface area contributed by atoms with E-state index in [4.69, 9.17) is 4.74 Å². The van der Waals surface area contributed by atoms with Gasteiger partial charge in [0.15, 0.2) is 5.13 Å². The monoisotopic (exact) mass is 395 g/mol. The zero-order valence-electron chi connectivity index (χ0n) is 15.6. The Hall–Kier alpha value is -3.19. The van der Waals surface area contributed by atoms with E-state index in [9.17, 15) is 9.59 Å². The summed E-state index contributed by atoms with van der Waals surface area (Å²) in [5.41, 5.74) is 3.27. The molecule has 3 rings (SSSR count). The van der Waals surface area contributed by atoms with Crippen molar-refractivity contribution in [3.05, 3.63) is 76.8 Å². The number of carbonyl (C=O) groups excluding carboxylic acids is 2. The zero-order valence-corrected chi connectivity index (χ0v) is 16.5. The number of esters is 1. The number of benzene rings is 2. The predicted molar refractivity (Wildman–Crippen MR) is 110 cm³/mol. The third-order valence-electron chi connectivity index (χ3n) is 3.95. The van der Waals surface area contributed by atoms with Gasteiger partial charge in [0.2, 0.25) is 0 Å². The van der Waals surface area contributed by atoms with Gasteiger partial charge in [-0.3, -0.25) is 4.79 Å². The standard InChI is InChI=1S/C21H21N3O3S/c1-14-8-10-17(11-9-14)23-21-24-18(13-28-21)12-27-20(26)15(2)22-19(25)16-6-4-3-5-7-16/h3-11,13,15H,12H2,1-2H3,(H,22,25)(H,23,24)/t15-/m0/s1. The summed E-state index contributed by atoms with van der Waals surface area (Å²) in [6.45, 7) is 3.67. The van der Waals surface area contributed by atoms with E-state index < -0.39 is 12.0 Å². The van der Waals surface area contributed by atoms with E-state index in [1.54, 1.807) is 31.2 Å². The molecule has 7 heteroatoms. The SMILES string of the molecule is Cc1ccc(Nc2nc(COC(=O)[C@H](C)NC(=O)c3ccccc3)cs2)cc1. The quantitative estimate of drug-likeness (QED) is 0.590. The lowest BCUT2D eigenvalue weighted by Gasteiger charge is -2.13. The van der Waals surface area contributed by atoms with Gasteiger partial charge >= 0.3 is 5.97 Å². The fraction of sp³-hybridized carbons (Fsp3) is 0.190. The molecule has 1 heterocycles. The van der Waals surface area contributed by atoms with Crippen LogP contribution in [-0.2, 0) is 16.1 Å². The topological polar surface area (TPSA) is 80.3 Å². The first kappa shape index (κ1) is 19.6. The second kappa shape index (κ2) is 9.14. The van der Waals surface area contributed by atoms with Crippen LogP contribution in [0.15, 0.2) is 60.0 Å². The van der Waals surface area contributed by atoms with Crippen LogP contribution in [0.4, 0.5) is 10.8 Å². The van der Waals surface area contributed by atoms with Crippen molar-refractivity contribution in [3.63, 3.8) is 0 Å². The van der Waals surface area contributed by atoms with Crippen molar-refractivity contribution in [2.24, 2.45) is 0 Å². The van der Waals surface area contributed by atoms with Gasteiger partial charge in [-0.1, -0.05) is 35.9 Å². The number of rotatable bonds is 7. The molecule has 0 saturated heterocycles. The number of aromatic nitrogens is 1. The van der Waals surface area contributed by atoms with Gasteiger partial charge in [-0.05, 0) is 38.1 Å². The Labute approximate surface area is 167 Å². The summed E-state index contributed by atoms with van der Waals surface area (Å²) in [5.74, 6) is -0.825. The van der Waals surface area contributed by atoms with Crippen molar-refractivity contribution in [3.8, 4) is 0 Å². The lowest BCUT2D eigenvalue weighted by molar-refractivity contribution is -0.146. The Bertz CT molecular complexity index is 939. The van der Waals surface area contributed by atoms with Gasteiger partial charge in [-0.25, -0.2) is 9.78 Å². The van der Waals surface area contributed by atoms with Crippen LogP contribution in [0.3, 0.4) is 0 Å². The Kier molecular flexibility index (Phi) is 6.39. The smallest absolute Gasteiger partial charge is 0.328 e. The molecule has 2 aromatic carbocycles. The van der Waals surface area contributed by atoms with Crippen LogP contribution in [0.5, 0.6) is 0 Å². The highest BCUT2D eigenvalue weighted by Gasteiger charge is 2.18. The number of aryl methyl sites for hydroxylation is 1. The van der Waals surface area contributed by atoms with E-state index in [0.717, 1.165) is 10.8 Å². The minimum atomic E-state index is -0.753. The number of ether oxygens (including phenoxy) is 1. The second-order valence-electron chi connectivity index (χ2n) is 6.30. The molecule has 0 bridgehead atoms. The number of nitrogens with zero attached hydrogens (tertiary/aromatic N) is 1. The molecule has 6 nitrogen and oxygen atoms in total. The Morgan fingerprint density at radius 3 is 2.54 bits per heavy atom. The summed E-state index contributed by atoms with van der Waals surface area (Å²) >= 11 is 1.43. The first-order chi connectivity index (χ1) is 13.5. The van der Waals surface area contributed by atoms with Crippen LogP contribution in [0.25, 0.3) is 0 Å². The van der Waals surface area contributed by atoms with Gasteiger partial charge in [0.25, 0.3) is 5.91 Å². The van der Waals surface area contributed by atoms with E-state index in [1.807, 2.05) is 42.6 Å². The molecule has 1 amide bonds. The van der Waals surface area contributed by atoms with Gasteiger partial charge in [0, 0.05) is 16.6 Å². The second-order valence-corrected chi connectivity index (χ2v) is 7.16. The fourth-order valence-corrected chi connectivity index (χ4v) is 3.10. The lowest BCUT2D eigenvalue weighted by atomic mass is 10.2. The fourth-order valence-electron chi connectivity index (χ4n) is 2.39. The van der Waals surface area contributed by atoms with E-state index in [2.05, 4.69) is 15.6 Å². The molecular weight excluding hydrogens is 374 g/mol. The molecule has 0 aliphatic heterocycles. The van der Waals surface area contributed by atoms with Crippen LogP contribution in [0.2, 0.25) is 0 Å². The summed E-state index contributed by atoms with van der Waals surface area (Å²) in [6, 6.07) is 16.0. The van der Waals surface area contributed by atoms with Crippen molar-refractivity contribution in [2.75, 3.05) is 5.32 Å². The predicted octanol–water partition coefficient (Wildman–Crippen LogP) is 4.06. The minimum Gasteiger partial charge on any atom is -0.458 e. The third kappa shape index (κ3) is 5.40. The number of carbonyl (C=O) groups is 2. The van der Waals surface area contributed by atoms with E-state index in [-0.39, 0.29) is 12.5 Å². The molecule has 0 unspecified atom stereocenters. The molecule has 1 atom stereocenters. The van der Waals surface area contributed by atoms with Gasteiger partial charge in [0.1, 0.15) is 12.6 Å². The van der Waals surface area contributed by atoms with Crippen LogP contribution >= 0.6 is 11.3 Å². The average molecular weight is 395 g/mol. The average Bonchev–Trinajstić information content (AvgIpc) is 3.15. The van der Waals surface area contributed by atoms with Gasteiger partial charge in [-0.2, -0.15) is 0 Å². The number of hydrogen-bond donors (Lipinski definition) is 2. The largest absolute Gasteiger partial charge is 0.458 e. The highest BCUT2D eigenvalue weighted by Crippen LogP contribution is 2.21. The summed E-state index contributed by atoms with van der Waals surface area (Å²) in [7, 11) is 0. The molecule has 0 aliphatic rings. The molecule has 0 fully saturated rings. The Balaban J connectivity index is 1.48. The summed E-state index contributed by atoms with van der Waals surface area (Å²) in [4.78, 5) is 28.6. The highest BCUT2D eigenvalue weighted by molar-refractivity contribution is 7.13. The molecular formula is C21H21N3O3S. The number of nitrogens with one attached hydrogen (secondary N) is 2. The Morgan fingerprint density at radius 1 is 1.11 bits per heavy atom. The van der Waals surface area contributed by atoms with Crippen molar-refractivity contribution < 1.29 is 14.3 Å². The first-order valence-electron chi connectivity index (χ1n) is 8.82. The van der Waals surface area contributed by atoms with E-state index >= 15 is 0 Å². The maximum atomic E-state index is 12.1.